The van der Waals surface area contributed by atoms with Gasteiger partial charge in [0.25, 0.3) is 0 Å². The van der Waals surface area contributed by atoms with Gasteiger partial charge in [-0.1, -0.05) is 0 Å². The van der Waals surface area contributed by atoms with E-state index >= 15 is 0 Å². The molecule has 1 fully saturated rings. The van der Waals surface area contributed by atoms with Gasteiger partial charge >= 0.3 is 0 Å². The van der Waals surface area contributed by atoms with E-state index in [9.17, 15) is 4.39 Å². The van der Waals surface area contributed by atoms with E-state index in [1.807, 2.05) is 12.1 Å². The molecule has 0 spiro atoms. The summed E-state index contributed by atoms with van der Waals surface area (Å²) in [5, 5.41) is 4.05. The molecule has 1 aromatic heterocycles. The lowest BCUT2D eigenvalue weighted by Crippen LogP contribution is -2.33. The van der Waals surface area contributed by atoms with Gasteiger partial charge in [-0.2, -0.15) is 0 Å². The normalized spacial score (nSPS) is 17.2. The standard InChI is InChI=1S/C16H21FN4/c1-21-7-4-11(5-8-21)10-20-16-13(17)9-14(18)12-3-2-6-19-15(12)16/h2-3,6,9,11,20H,4-5,7-8,10,18H2,1H3. The number of aromatic nitrogens is 1. The van der Waals surface area contributed by atoms with E-state index in [0.717, 1.165) is 37.9 Å². The quantitative estimate of drug-likeness (QED) is 0.853. The molecule has 5 heteroatoms. The third kappa shape index (κ3) is 2.93. The minimum absolute atomic E-state index is 0.327. The molecule has 21 heavy (non-hydrogen) atoms. The first-order chi connectivity index (χ1) is 10.1. The van der Waals surface area contributed by atoms with Crippen molar-refractivity contribution in [3.05, 3.63) is 30.2 Å². The molecular formula is C16H21FN4. The molecular weight excluding hydrogens is 267 g/mol. The molecule has 0 saturated carbocycles. The van der Waals surface area contributed by atoms with Gasteiger partial charge in [0, 0.05) is 23.8 Å². The fraction of sp³-hybridized carbons (Fsp3) is 0.438. The summed E-state index contributed by atoms with van der Waals surface area (Å²) in [5.74, 6) is 0.253. The van der Waals surface area contributed by atoms with E-state index in [1.54, 1.807) is 6.20 Å². The number of piperidine rings is 1. The van der Waals surface area contributed by atoms with Crippen molar-refractivity contribution in [1.29, 1.82) is 0 Å². The van der Waals surface area contributed by atoms with Crippen molar-refractivity contribution >= 4 is 22.3 Å². The van der Waals surface area contributed by atoms with Crippen molar-refractivity contribution in [2.24, 2.45) is 5.92 Å². The van der Waals surface area contributed by atoms with Crippen molar-refractivity contribution < 1.29 is 4.39 Å². The summed E-state index contributed by atoms with van der Waals surface area (Å²) in [6, 6.07) is 5.07. The molecule has 1 aromatic carbocycles. The number of rotatable bonds is 3. The van der Waals surface area contributed by atoms with E-state index in [2.05, 4.69) is 22.2 Å². The van der Waals surface area contributed by atoms with Gasteiger partial charge in [0.1, 0.15) is 0 Å². The topological polar surface area (TPSA) is 54.2 Å². The van der Waals surface area contributed by atoms with Crippen molar-refractivity contribution in [3.63, 3.8) is 0 Å². The van der Waals surface area contributed by atoms with Gasteiger partial charge in [-0.25, -0.2) is 4.39 Å². The average Bonchev–Trinajstić information content (AvgIpc) is 2.49. The van der Waals surface area contributed by atoms with Crippen molar-refractivity contribution in [2.45, 2.75) is 12.8 Å². The Bertz CT molecular complexity index is 635. The Balaban J connectivity index is 1.80. The van der Waals surface area contributed by atoms with Crippen LogP contribution >= 0.6 is 0 Å². The lowest BCUT2D eigenvalue weighted by Gasteiger charge is -2.29. The molecule has 3 rings (SSSR count). The van der Waals surface area contributed by atoms with E-state index in [4.69, 9.17) is 5.73 Å². The van der Waals surface area contributed by atoms with Crippen LogP contribution in [-0.4, -0.2) is 36.6 Å². The number of nitrogens with two attached hydrogens (primary N) is 1. The van der Waals surface area contributed by atoms with E-state index in [0.29, 0.717) is 22.8 Å². The maximum absolute atomic E-state index is 14.2. The van der Waals surface area contributed by atoms with Crippen molar-refractivity contribution in [1.82, 2.24) is 9.88 Å². The molecule has 0 unspecified atom stereocenters. The molecule has 1 aliphatic heterocycles. The van der Waals surface area contributed by atoms with Gasteiger partial charge in [0.05, 0.1) is 11.2 Å². The fourth-order valence-electron chi connectivity index (χ4n) is 2.92. The van der Waals surface area contributed by atoms with Gasteiger partial charge in [0.15, 0.2) is 5.82 Å². The lowest BCUT2D eigenvalue weighted by atomic mass is 9.97. The highest BCUT2D eigenvalue weighted by molar-refractivity contribution is 5.98. The van der Waals surface area contributed by atoms with Crippen LogP contribution in [0.2, 0.25) is 0 Å². The molecule has 4 nitrogen and oxygen atoms in total. The Morgan fingerprint density at radius 3 is 2.95 bits per heavy atom. The summed E-state index contributed by atoms with van der Waals surface area (Å²) in [5.41, 5.74) is 7.38. The SMILES string of the molecule is CN1CCC(CNc2c(F)cc(N)c3cccnc23)CC1. The summed E-state index contributed by atoms with van der Waals surface area (Å²) >= 11 is 0. The largest absolute Gasteiger partial charge is 0.398 e. The number of nitrogens with one attached hydrogen (secondary N) is 1. The first-order valence-corrected chi connectivity index (χ1v) is 7.40. The smallest absolute Gasteiger partial charge is 0.150 e. The van der Waals surface area contributed by atoms with E-state index in [-0.39, 0.29) is 5.82 Å². The molecule has 2 aromatic rings. The number of nitrogen functional groups attached to an aromatic ring is 1. The Kier molecular flexibility index (Phi) is 3.92. The Hall–Kier alpha value is -1.88. The van der Waals surface area contributed by atoms with Crippen LogP contribution in [0.15, 0.2) is 24.4 Å². The third-order valence-electron chi connectivity index (χ3n) is 4.28. The highest BCUT2D eigenvalue weighted by atomic mass is 19.1. The summed E-state index contributed by atoms with van der Waals surface area (Å²) in [6.07, 6.45) is 3.96. The molecule has 0 aliphatic carbocycles. The van der Waals surface area contributed by atoms with Crippen LogP contribution in [-0.2, 0) is 0 Å². The highest BCUT2D eigenvalue weighted by Crippen LogP contribution is 2.30. The summed E-state index contributed by atoms with van der Waals surface area (Å²) < 4.78 is 14.2. The predicted molar refractivity (Wildman–Crippen MR) is 84.8 cm³/mol. The number of hydrogen-bond acceptors (Lipinski definition) is 4. The molecule has 0 atom stereocenters. The zero-order chi connectivity index (χ0) is 14.8. The second kappa shape index (κ2) is 5.85. The molecule has 1 saturated heterocycles. The first-order valence-electron chi connectivity index (χ1n) is 7.40. The van der Waals surface area contributed by atoms with Crippen LogP contribution in [0.4, 0.5) is 15.8 Å². The van der Waals surface area contributed by atoms with E-state index in [1.165, 1.54) is 6.07 Å². The first kappa shape index (κ1) is 14.1. The summed E-state index contributed by atoms with van der Waals surface area (Å²) in [4.78, 5) is 6.62. The van der Waals surface area contributed by atoms with Gasteiger partial charge in [-0.05, 0) is 57.1 Å². The molecule has 0 amide bonds. The minimum Gasteiger partial charge on any atom is -0.398 e. The number of benzene rings is 1. The van der Waals surface area contributed by atoms with Crippen LogP contribution < -0.4 is 11.1 Å². The molecule has 2 heterocycles. The van der Waals surface area contributed by atoms with Crippen LogP contribution in [0.3, 0.4) is 0 Å². The minimum atomic E-state index is -0.327. The molecule has 112 valence electrons. The maximum Gasteiger partial charge on any atom is 0.150 e. The molecule has 3 N–H and O–H groups in total. The number of fused-ring (bicyclic) bond motifs is 1. The van der Waals surface area contributed by atoms with Gasteiger partial charge in [-0.15, -0.1) is 0 Å². The average molecular weight is 288 g/mol. The number of pyridine rings is 1. The van der Waals surface area contributed by atoms with Gasteiger partial charge < -0.3 is 16.0 Å². The highest BCUT2D eigenvalue weighted by Gasteiger charge is 2.18. The summed E-state index contributed by atoms with van der Waals surface area (Å²) in [6.45, 7) is 2.99. The predicted octanol–water partition coefficient (Wildman–Crippen LogP) is 2.71. The van der Waals surface area contributed by atoms with Crippen LogP contribution in [0.25, 0.3) is 10.9 Å². The monoisotopic (exact) mass is 288 g/mol. The maximum atomic E-state index is 14.2. The second-order valence-corrected chi connectivity index (χ2v) is 5.85. The Morgan fingerprint density at radius 2 is 2.19 bits per heavy atom. The number of hydrogen-bond donors (Lipinski definition) is 2. The number of likely N-dealkylation sites (tertiary alicyclic amines) is 1. The fourth-order valence-corrected chi connectivity index (χ4v) is 2.92. The third-order valence-corrected chi connectivity index (χ3v) is 4.28. The van der Waals surface area contributed by atoms with Gasteiger partial charge in [-0.3, -0.25) is 4.98 Å². The zero-order valence-electron chi connectivity index (χ0n) is 12.3. The van der Waals surface area contributed by atoms with E-state index < -0.39 is 0 Å². The number of halogens is 1. The van der Waals surface area contributed by atoms with Crippen LogP contribution in [0.5, 0.6) is 0 Å². The van der Waals surface area contributed by atoms with Gasteiger partial charge in [0.2, 0.25) is 0 Å². The van der Waals surface area contributed by atoms with Crippen molar-refractivity contribution in [3.8, 4) is 0 Å². The lowest BCUT2D eigenvalue weighted by molar-refractivity contribution is 0.226. The number of nitrogens with zero attached hydrogens (tertiary/aromatic N) is 2. The Morgan fingerprint density at radius 1 is 1.43 bits per heavy atom. The number of anilines is 2. The molecule has 0 bridgehead atoms. The van der Waals surface area contributed by atoms with Crippen LogP contribution in [0.1, 0.15) is 12.8 Å². The molecule has 0 radical (unpaired) electrons. The zero-order valence-corrected chi connectivity index (χ0v) is 12.3. The Labute approximate surface area is 124 Å². The van der Waals surface area contributed by atoms with Crippen molar-refractivity contribution in [2.75, 3.05) is 37.7 Å². The molecule has 1 aliphatic rings. The second-order valence-electron chi connectivity index (χ2n) is 5.85. The van der Waals surface area contributed by atoms with Crippen LogP contribution in [0, 0.1) is 11.7 Å². The summed E-state index contributed by atoms with van der Waals surface area (Å²) in [7, 11) is 2.14.